The van der Waals surface area contributed by atoms with E-state index in [1.165, 1.54) is 95.5 Å². The molecule has 0 nitrogen and oxygen atoms in total. The predicted molar refractivity (Wildman–Crippen MR) is 493 cm³/mol. The van der Waals surface area contributed by atoms with Crippen LogP contribution in [-0.4, -0.2) is 0 Å². The molecule has 113 heavy (non-hydrogen) atoms. The van der Waals surface area contributed by atoms with Crippen LogP contribution in [0.5, 0.6) is 0 Å². The molecule has 572 valence electrons. The minimum atomic E-state index is -0.834. The van der Waals surface area contributed by atoms with Gasteiger partial charge in [0.2, 0.25) is 0 Å². The van der Waals surface area contributed by atoms with Crippen LogP contribution in [0.1, 0.15) is 0 Å². The van der Waals surface area contributed by atoms with E-state index >= 15 is 0 Å². The average Bonchev–Trinajstić information content (AvgIpc) is 1.85. The van der Waals surface area contributed by atoms with Crippen LogP contribution < -0.4 is 95.5 Å². The van der Waals surface area contributed by atoms with E-state index in [-0.39, 0.29) is 85.3 Å². The molecule has 18 aromatic carbocycles. The van der Waals surface area contributed by atoms with Crippen molar-refractivity contribution in [2.24, 2.45) is 0 Å². The van der Waals surface area contributed by atoms with Gasteiger partial charge in [-0.2, -0.15) is 0 Å². The van der Waals surface area contributed by atoms with Crippen LogP contribution in [-0.2, 0) is 85.3 Å². The summed E-state index contributed by atoms with van der Waals surface area (Å²) in [6.07, 6.45) is 0. The summed E-state index contributed by atoms with van der Waals surface area (Å²) >= 11 is 0. The minimum Gasteiger partial charge on any atom is -0.210 e. The van der Waals surface area contributed by atoms with Crippen molar-refractivity contribution in [1.29, 1.82) is 0 Å². The van der Waals surface area contributed by atoms with E-state index in [2.05, 4.69) is 510 Å². The standard InChI is InChI=1S/6C17H15P.2Cu.3Fe/c6*1-3-9-15(10-4-1)18(17-13-7-8-14-17)16-11-5-2-6-12-16;;;;;/h6*1-14,18H;;;;;/q;;;;;;2*+1;;;. The molecule has 0 saturated carbocycles. The van der Waals surface area contributed by atoms with Crippen molar-refractivity contribution in [3.05, 3.63) is 510 Å². The van der Waals surface area contributed by atoms with Crippen molar-refractivity contribution >= 4 is 143 Å². The smallest absolute Gasteiger partial charge is 0.210 e. The number of hydrogen-bond donors (Lipinski definition) is 0. The molecule has 0 spiro atoms. The summed E-state index contributed by atoms with van der Waals surface area (Å²) < 4.78 is 0. The molecule has 18 rings (SSSR count). The molecular formula is C102H90Cu2Fe3P6+2. The fourth-order valence-electron chi connectivity index (χ4n) is 13.5. The molecule has 0 aliphatic rings. The van der Waals surface area contributed by atoms with E-state index in [0.717, 1.165) is 0 Å². The Kier molecular flexibility index (Phi) is 40.3. The Balaban J connectivity index is 0.000000168. The van der Waals surface area contributed by atoms with Crippen LogP contribution in [0.4, 0.5) is 0 Å². The zero-order chi connectivity index (χ0) is 73.3. The summed E-state index contributed by atoms with van der Waals surface area (Å²) in [5.74, 6) is 0. The van der Waals surface area contributed by atoms with Gasteiger partial charge in [0.05, 0.1) is 63.7 Å². The second kappa shape index (κ2) is 50.3. The molecular weight excluding hydrogens is 1710 g/mol. The summed E-state index contributed by atoms with van der Waals surface area (Å²) in [5, 5.41) is 26.1. The Morgan fingerprint density at radius 1 is 0.106 bits per heavy atom. The van der Waals surface area contributed by atoms with Crippen molar-refractivity contribution in [2.75, 3.05) is 0 Å². The van der Waals surface area contributed by atoms with Gasteiger partial charge in [0.15, 0.2) is 0 Å². The third kappa shape index (κ3) is 26.5. The topological polar surface area (TPSA) is 0 Å². The predicted octanol–water partition coefficient (Wildman–Crippen LogP) is 17.4. The van der Waals surface area contributed by atoms with E-state index in [1.807, 2.05) is 0 Å². The zero-order valence-electron chi connectivity index (χ0n) is 62.2. The molecule has 0 aliphatic carbocycles. The molecule has 0 aliphatic heterocycles. The zero-order valence-corrected chi connectivity index (χ0v) is 73.4. The maximum Gasteiger partial charge on any atom is 1.00 e. The van der Waals surface area contributed by atoms with Crippen molar-refractivity contribution in [1.82, 2.24) is 0 Å². The molecule has 0 fully saturated rings. The molecule has 0 amide bonds. The van der Waals surface area contributed by atoms with Gasteiger partial charge < -0.3 is 0 Å². The van der Waals surface area contributed by atoms with Gasteiger partial charge in [-0.25, -0.2) is 72.8 Å². The van der Waals surface area contributed by atoms with Gasteiger partial charge in [0, 0.05) is 98.7 Å². The molecule has 18 aromatic rings. The summed E-state index contributed by atoms with van der Waals surface area (Å²) in [4.78, 5) is 0. The van der Waals surface area contributed by atoms with Gasteiger partial charge >= 0.3 is 34.1 Å². The maximum absolute atomic E-state index is 2.24. The molecule has 0 unspecified atom stereocenters. The van der Waals surface area contributed by atoms with E-state index < -0.39 is 47.5 Å². The van der Waals surface area contributed by atoms with Gasteiger partial charge in [-0.1, -0.05) is 218 Å². The summed E-state index contributed by atoms with van der Waals surface area (Å²) in [7, 11) is -5.01. The van der Waals surface area contributed by atoms with Crippen LogP contribution in [0, 0.1) is 0 Å². The van der Waals surface area contributed by atoms with Crippen molar-refractivity contribution < 1.29 is 85.3 Å². The minimum absolute atomic E-state index is 0. The molecule has 0 radical (unpaired) electrons. The Hall–Kier alpha value is -8.08. The van der Waals surface area contributed by atoms with Gasteiger partial charge in [-0.05, 0) is 177 Å². The Morgan fingerprint density at radius 2 is 0.177 bits per heavy atom. The summed E-state index contributed by atoms with van der Waals surface area (Å²) in [6.45, 7) is 0. The van der Waals surface area contributed by atoms with Crippen LogP contribution >= 0.6 is 47.5 Å². The van der Waals surface area contributed by atoms with Gasteiger partial charge in [-0.3, -0.25) is 0 Å². The SMILES string of the molecule is [Cu+].[Cu+].[Fe].[Fe].[Fe].c1ccc([PH+](c2ccccc2)[c-]2cccc2)cc1.c1ccc([PH+](c2ccccc2)[c-]2cccc2)cc1.c1ccc([PH+](c2ccccc2)[c-]2cccc2)cc1.c1ccc([PH+](c2ccccc2)[c-]2cccc2)cc1.c1ccc([PH+](c2ccccc2)[c-]2cccc2)cc1.c1ccc([PH+](c2ccccc2)[c-]2cccc2)cc1. The Morgan fingerprint density at radius 3 is 0.248 bits per heavy atom. The monoisotopic (exact) mass is 1790 g/mol. The van der Waals surface area contributed by atoms with Crippen LogP contribution in [0.2, 0.25) is 0 Å². The van der Waals surface area contributed by atoms with Crippen molar-refractivity contribution in [2.45, 2.75) is 0 Å². The first-order valence-corrected chi connectivity index (χ1v) is 45.9. The molecule has 0 aromatic heterocycles. The van der Waals surface area contributed by atoms with Crippen molar-refractivity contribution in [3.63, 3.8) is 0 Å². The van der Waals surface area contributed by atoms with Gasteiger partial charge in [-0.15, -0.1) is 72.8 Å². The average molecular weight is 1800 g/mol. The van der Waals surface area contributed by atoms with E-state index in [9.17, 15) is 0 Å². The van der Waals surface area contributed by atoms with Crippen LogP contribution in [0.3, 0.4) is 0 Å². The second-order valence-electron chi connectivity index (χ2n) is 25.7. The normalized spacial score (nSPS) is 10.2. The van der Waals surface area contributed by atoms with Crippen LogP contribution in [0.15, 0.2) is 510 Å². The van der Waals surface area contributed by atoms with Gasteiger partial charge in [0.25, 0.3) is 0 Å². The first kappa shape index (κ1) is 90.5. The second-order valence-corrected chi connectivity index (χ2v) is 40.6. The Bertz CT molecular complexity index is 4170. The fraction of sp³-hybridized carbons (Fsp3) is 0. The fourth-order valence-corrected chi connectivity index (χ4v) is 29.0. The Labute approximate surface area is 730 Å². The number of hydrogen-bond acceptors (Lipinski definition) is 0. The quantitative estimate of drug-likeness (QED) is 0.0456. The third-order valence-corrected chi connectivity index (χ3v) is 34.8. The van der Waals surface area contributed by atoms with Gasteiger partial charge in [0.1, 0.15) is 0 Å². The molecule has 0 saturated heterocycles. The van der Waals surface area contributed by atoms with Crippen LogP contribution in [0.25, 0.3) is 0 Å². The van der Waals surface area contributed by atoms with Crippen molar-refractivity contribution in [3.8, 4) is 0 Å². The maximum atomic E-state index is 2.24. The third-order valence-electron chi connectivity index (χ3n) is 18.5. The molecule has 0 atom stereocenters. The molecule has 11 heteroatoms. The number of rotatable bonds is 18. The van der Waals surface area contributed by atoms with E-state index in [0.29, 0.717) is 0 Å². The molecule has 0 bridgehead atoms. The first-order chi connectivity index (χ1) is 53.7. The van der Waals surface area contributed by atoms with E-state index in [1.54, 1.807) is 0 Å². The molecule has 0 heterocycles. The number of benzene rings is 12. The first-order valence-electron chi connectivity index (χ1n) is 36.9. The largest absolute Gasteiger partial charge is 1.00 e. The summed E-state index contributed by atoms with van der Waals surface area (Å²) in [6, 6.07) is 182. The summed E-state index contributed by atoms with van der Waals surface area (Å²) in [5.41, 5.74) is 0. The van der Waals surface area contributed by atoms with E-state index in [4.69, 9.17) is 0 Å². The molecule has 0 N–H and O–H groups in total.